The van der Waals surface area contributed by atoms with Crippen molar-refractivity contribution in [1.29, 1.82) is 5.53 Å². The fourth-order valence-corrected chi connectivity index (χ4v) is 3.42. The van der Waals surface area contributed by atoms with Crippen LogP contribution in [0.1, 0.15) is 5.56 Å². The number of fused-ring (bicyclic) bond motifs is 1. The Hall–Kier alpha value is -3.49. The monoisotopic (exact) mass is 419 g/mol. The second-order valence-corrected chi connectivity index (χ2v) is 7.21. The van der Waals surface area contributed by atoms with Crippen molar-refractivity contribution < 1.29 is 9.47 Å². The van der Waals surface area contributed by atoms with Gasteiger partial charge in [0.25, 0.3) is 5.56 Å². The molecule has 1 aliphatic rings. The Bertz CT molecular complexity index is 1120. The number of morpholine rings is 1. The fourth-order valence-electron chi connectivity index (χ4n) is 3.42. The van der Waals surface area contributed by atoms with Crippen molar-refractivity contribution in [3.05, 3.63) is 76.7 Å². The van der Waals surface area contributed by atoms with Crippen LogP contribution in [0.5, 0.6) is 5.75 Å². The maximum Gasteiger partial charge on any atom is 0.258 e. The van der Waals surface area contributed by atoms with Gasteiger partial charge in [-0.1, -0.05) is 18.2 Å². The zero-order chi connectivity index (χ0) is 21.5. The number of H-pyrrole nitrogens is 1. The predicted molar refractivity (Wildman–Crippen MR) is 121 cm³/mol. The third kappa shape index (κ3) is 5.36. The minimum atomic E-state index is -0.285. The van der Waals surface area contributed by atoms with E-state index in [2.05, 4.69) is 20.3 Å². The van der Waals surface area contributed by atoms with Gasteiger partial charge in [0.2, 0.25) is 0 Å². The van der Waals surface area contributed by atoms with E-state index in [0.29, 0.717) is 12.2 Å². The molecular weight excluding hydrogens is 394 g/mol. The number of aromatic nitrogens is 1. The standard InChI is InChI=1S/C23H25N5O3/c24-27-22(20-15-17-3-1-2-4-21(17)26-23(20)29)16-25-18-5-7-19(8-6-18)31-14-11-28-9-12-30-13-10-28/h1-8,15-16,24-25H,9-14H2,(H,26,29)/b22-16-,27-24?. The molecule has 3 N–H and O–H groups in total. The molecule has 0 bridgehead atoms. The molecule has 8 nitrogen and oxygen atoms in total. The highest BCUT2D eigenvalue weighted by Gasteiger charge is 2.10. The molecule has 1 aromatic heterocycles. The van der Waals surface area contributed by atoms with Gasteiger partial charge in [0.1, 0.15) is 18.1 Å². The largest absolute Gasteiger partial charge is 0.492 e. The van der Waals surface area contributed by atoms with E-state index >= 15 is 0 Å². The van der Waals surface area contributed by atoms with Gasteiger partial charge < -0.3 is 19.8 Å². The summed E-state index contributed by atoms with van der Waals surface area (Å²) in [5, 5.41) is 7.51. The number of aromatic amines is 1. The van der Waals surface area contributed by atoms with Crippen molar-refractivity contribution in [2.24, 2.45) is 5.11 Å². The second kappa shape index (κ2) is 10.0. The maximum absolute atomic E-state index is 12.4. The lowest BCUT2D eigenvalue weighted by atomic mass is 10.1. The number of nitrogens with one attached hydrogen (secondary N) is 3. The molecule has 0 saturated carbocycles. The summed E-state index contributed by atoms with van der Waals surface area (Å²) < 4.78 is 11.2. The van der Waals surface area contributed by atoms with Crippen LogP contribution in [0.15, 0.2) is 70.7 Å². The number of benzene rings is 2. The number of hydrogen-bond acceptors (Lipinski definition) is 7. The van der Waals surface area contributed by atoms with E-state index in [4.69, 9.17) is 15.0 Å². The molecule has 0 aliphatic carbocycles. The Morgan fingerprint density at radius 3 is 2.74 bits per heavy atom. The summed E-state index contributed by atoms with van der Waals surface area (Å²) in [4.78, 5) is 17.6. The second-order valence-electron chi connectivity index (χ2n) is 7.21. The lowest BCUT2D eigenvalue weighted by molar-refractivity contribution is 0.0322. The summed E-state index contributed by atoms with van der Waals surface area (Å²) in [5.74, 6) is 0.791. The van der Waals surface area contributed by atoms with E-state index in [1.165, 1.54) is 0 Å². The van der Waals surface area contributed by atoms with Gasteiger partial charge >= 0.3 is 0 Å². The smallest absolute Gasteiger partial charge is 0.258 e. The van der Waals surface area contributed by atoms with Crippen molar-refractivity contribution in [3.63, 3.8) is 0 Å². The quantitative estimate of drug-likeness (QED) is 0.483. The van der Waals surface area contributed by atoms with Crippen LogP contribution < -0.4 is 15.6 Å². The molecule has 1 fully saturated rings. The van der Waals surface area contributed by atoms with Gasteiger partial charge in [-0.3, -0.25) is 9.69 Å². The normalized spacial score (nSPS) is 15.0. The molecule has 0 radical (unpaired) electrons. The van der Waals surface area contributed by atoms with Crippen molar-refractivity contribution in [1.82, 2.24) is 9.88 Å². The van der Waals surface area contributed by atoms with Crippen molar-refractivity contribution in [2.45, 2.75) is 0 Å². The molecule has 0 atom stereocenters. The number of anilines is 1. The van der Waals surface area contributed by atoms with Gasteiger partial charge in [0.05, 0.1) is 18.8 Å². The number of pyridine rings is 1. The molecule has 3 aromatic rings. The first kappa shape index (κ1) is 20.8. The first-order valence-corrected chi connectivity index (χ1v) is 10.2. The Balaban J connectivity index is 1.38. The Morgan fingerprint density at radius 2 is 1.97 bits per heavy atom. The summed E-state index contributed by atoms with van der Waals surface area (Å²) in [6.07, 6.45) is 1.56. The fraction of sp³-hybridized carbons (Fsp3) is 0.261. The van der Waals surface area contributed by atoms with Crippen LogP contribution in [-0.2, 0) is 4.74 Å². The summed E-state index contributed by atoms with van der Waals surface area (Å²) >= 11 is 0. The molecule has 1 saturated heterocycles. The molecule has 2 aromatic carbocycles. The van der Waals surface area contributed by atoms with Crippen LogP contribution in [0.3, 0.4) is 0 Å². The van der Waals surface area contributed by atoms with Gasteiger partial charge in [-0.15, -0.1) is 0 Å². The third-order valence-electron chi connectivity index (χ3n) is 5.16. The van der Waals surface area contributed by atoms with Gasteiger partial charge in [-0.05, 0) is 41.8 Å². The van der Waals surface area contributed by atoms with E-state index in [0.717, 1.165) is 55.2 Å². The minimum absolute atomic E-state index is 0.248. The number of nitrogens with zero attached hydrogens (tertiary/aromatic N) is 2. The third-order valence-corrected chi connectivity index (χ3v) is 5.16. The van der Waals surface area contributed by atoms with E-state index < -0.39 is 0 Å². The highest BCUT2D eigenvalue weighted by molar-refractivity contribution is 5.82. The highest BCUT2D eigenvalue weighted by atomic mass is 16.5. The first-order chi connectivity index (χ1) is 15.2. The number of para-hydroxylation sites is 1. The molecule has 2 heterocycles. The lowest BCUT2D eigenvalue weighted by Gasteiger charge is -2.26. The average Bonchev–Trinajstić information content (AvgIpc) is 2.81. The van der Waals surface area contributed by atoms with E-state index in [-0.39, 0.29) is 11.3 Å². The molecular formula is C23H25N5O3. The molecule has 8 heteroatoms. The van der Waals surface area contributed by atoms with E-state index in [1.807, 2.05) is 48.5 Å². The Morgan fingerprint density at radius 1 is 1.19 bits per heavy atom. The molecule has 1 aliphatic heterocycles. The van der Waals surface area contributed by atoms with Crippen LogP contribution in [-0.4, -0.2) is 49.3 Å². The van der Waals surface area contributed by atoms with Crippen LogP contribution in [0.25, 0.3) is 16.6 Å². The van der Waals surface area contributed by atoms with E-state index in [9.17, 15) is 4.79 Å². The molecule has 31 heavy (non-hydrogen) atoms. The van der Waals surface area contributed by atoms with Gasteiger partial charge in [0.15, 0.2) is 0 Å². The zero-order valence-corrected chi connectivity index (χ0v) is 17.1. The lowest BCUT2D eigenvalue weighted by Crippen LogP contribution is -2.38. The van der Waals surface area contributed by atoms with Crippen LogP contribution in [0, 0.1) is 5.53 Å². The molecule has 0 unspecified atom stereocenters. The maximum atomic E-state index is 12.4. The topological polar surface area (TPSA) is 103 Å². The first-order valence-electron chi connectivity index (χ1n) is 10.2. The van der Waals surface area contributed by atoms with Crippen molar-refractivity contribution in [3.8, 4) is 5.75 Å². The number of hydrogen-bond donors (Lipinski definition) is 3. The Labute approximate surface area is 180 Å². The summed E-state index contributed by atoms with van der Waals surface area (Å²) in [6.45, 7) is 4.96. The summed E-state index contributed by atoms with van der Waals surface area (Å²) in [7, 11) is 0. The summed E-state index contributed by atoms with van der Waals surface area (Å²) in [5.41, 5.74) is 9.35. The van der Waals surface area contributed by atoms with Crippen LogP contribution >= 0.6 is 0 Å². The van der Waals surface area contributed by atoms with Crippen LogP contribution in [0.4, 0.5) is 5.69 Å². The molecule has 4 rings (SSSR count). The number of rotatable bonds is 8. The molecule has 0 amide bonds. The SMILES string of the molecule is N=N/C(=C\Nc1ccc(OCCN2CCOCC2)cc1)c1cc2ccccc2[nH]c1=O. The molecule has 0 spiro atoms. The zero-order valence-electron chi connectivity index (χ0n) is 17.1. The van der Waals surface area contributed by atoms with E-state index in [1.54, 1.807) is 12.3 Å². The Kier molecular flexibility index (Phi) is 6.71. The van der Waals surface area contributed by atoms with Crippen molar-refractivity contribution >= 4 is 22.3 Å². The van der Waals surface area contributed by atoms with Gasteiger partial charge in [0, 0.05) is 37.0 Å². The average molecular weight is 419 g/mol. The van der Waals surface area contributed by atoms with Crippen LogP contribution in [0.2, 0.25) is 0 Å². The van der Waals surface area contributed by atoms with Crippen molar-refractivity contribution in [2.75, 3.05) is 44.8 Å². The van der Waals surface area contributed by atoms with Gasteiger partial charge in [-0.2, -0.15) is 5.11 Å². The minimum Gasteiger partial charge on any atom is -0.492 e. The summed E-state index contributed by atoms with van der Waals surface area (Å²) in [6, 6.07) is 16.8. The number of ether oxygens (including phenoxy) is 2. The van der Waals surface area contributed by atoms with Gasteiger partial charge in [-0.25, -0.2) is 5.53 Å². The molecule has 160 valence electrons. The predicted octanol–water partition coefficient (Wildman–Crippen LogP) is 3.68. The highest BCUT2D eigenvalue weighted by Crippen LogP contribution is 2.19.